The minimum absolute atomic E-state index is 0.221. The molecule has 1 saturated heterocycles. The van der Waals surface area contributed by atoms with Crippen LogP contribution >= 0.6 is 11.3 Å². The molecule has 1 aliphatic rings. The van der Waals surface area contributed by atoms with Gasteiger partial charge in [-0.05, 0) is 6.42 Å². The number of aromatic nitrogens is 2. The summed E-state index contributed by atoms with van der Waals surface area (Å²) < 4.78 is 36.6. The largest absolute Gasteiger partial charge is 0.445 e. The number of hydrogen-bond acceptors (Lipinski definition) is 5. The monoisotopic (exact) mass is 239 g/mol. The van der Waals surface area contributed by atoms with Gasteiger partial charge in [-0.25, -0.2) is 0 Å². The van der Waals surface area contributed by atoms with Gasteiger partial charge in [0.05, 0.1) is 6.10 Å². The van der Waals surface area contributed by atoms with E-state index in [1.807, 2.05) is 0 Å². The molecule has 0 unspecified atom stereocenters. The molecule has 2 heterocycles. The van der Waals surface area contributed by atoms with Gasteiger partial charge >= 0.3 is 6.18 Å². The second-order valence-corrected chi connectivity index (χ2v) is 4.23. The van der Waals surface area contributed by atoms with Gasteiger partial charge in [-0.1, -0.05) is 11.3 Å². The van der Waals surface area contributed by atoms with E-state index in [1.54, 1.807) is 4.90 Å². The standard InChI is InChI=1S/C7H8F3N3OS/c8-7(9,10)5-11-12-6(15-5)13-2-1-4(14)3-13/h4,14H,1-3H2/t4-/m1/s1. The Morgan fingerprint density at radius 1 is 1.40 bits per heavy atom. The zero-order valence-electron chi connectivity index (χ0n) is 7.53. The smallest absolute Gasteiger partial charge is 0.391 e. The number of halogens is 3. The molecule has 2 rings (SSSR count). The highest BCUT2D eigenvalue weighted by Gasteiger charge is 2.36. The Bertz CT molecular complexity index is 353. The highest BCUT2D eigenvalue weighted by Crippen LogP contribution is 2.35. The van der Waals surface area contributed by atoms with E-state index in [0.717, 1.165) is 0 Å². The zero-order valence-corrected chi connectivity index (χ0v) is 8.35. The van der Waals surface area contributed by atoms with Crippen LogP contribution in [0.15, 0.2) is 0 Å². The Morgan fingerprint density at radius 2 is 2.13 bits per heavy atom. The number of hydrogen-bond donors (Lipinski definition) is 1. The number of aliphatic hydroxyl groups excluding tert-OH is 1. The molecule has 0 amide bonds. The average Bonchev–Trinajstić information content (AvgIpc) is 2.69. The Morgan fingerprint density at radius 3 is 2.60 bits per heavy atom. The number of alkyl halides is 3. The predicted octanol–water partition coefficient (Wildman–Crippen LogP) is 1.13. The molecule has 15 heavy (non-hydrogen) atoms. The van der Waals surface area contributed by atoms with Gasteiger partial charge in [0.2, 0.25) is 10.1 Å². The molecule has 0 spiro atoms. The first-order valence-electron chi connectivity index (χ1n) is 4.30. The fourth-order valence-electron chi connectivity index (χ4n) is 1.37. The van der Waals surface area contributed by atoms with Crippen molar-refractivity contribution in [1.82, 2.24) is 10.2 Å². The minimum Gasteiger partial charge on any atom is -0.391 e. The second kappa shape index (κ2) is 3.60. The van der Waals surface area contributed by atoms with Crippen molar-refractivity contribution in [2.45, 2.75) is 18.7 Å². The van der Waals surface area contributed by atoms with Crippen molar-refractivity contribution >= 4 is 16.5 Å². The molecule has 1 aromatic rings. The molecule has 0 saturated carbocycles. The topological polar surface area (TPSA) is 49.2 Å². The highest BCUT2D eigenvalue weighted by molar-refractivity contribution is 7.15. The molecule has 1 fully saturated rings. The summed E-state index contributed by atoms with van der Waals surface area (Å²) in [5, 5.41) is 15.0. The molecule has 4 nitrogen and oxygen atoms in total. The average molecular weight is 239 g/mol. The summed E-state index contributed by atoms with van der Waals surface area (Å²) in [6.07, 6.45) is -4.36. The van der Waals surface area contributed by atoms with Crippen LogP contribution in [-0.2, 0) is 6.18 Å². The first-order valence-corrected chi connectivity index (χ1v) is 5.12. The van der Waals surface area contributed by atoms with Gasteiger partial charge in [-0.15, -0.1) is 10.2 Å². The number of aliphatic hydroxyl groups is 1. The number of rotatable bonds is 1. The van der Waals surface area contributed by atoms with Crippen LogP contribution in [0, 0.1) is 0 Å². The normalized spacial score (nSPS) is 22.4. The molecule has 0 bridgehead atoms. The van der Waals surface area contributed by atoms with E-state index in [4.69, 9.17) is 0 Å². The molecule has 1 aliphatic heterocycles. The van der Waals surface area contributed by atoms with Crippen molar-refractivity contribution in [2.24, 2.45) is 0 Å². The summed E-state index contributed by atoms with van der Waals surface area (Å²) in [7, 11) is 0. The predicted molar refractivity (Wildman–Crippen MR) is 47.7 cm³/mol. The maximum atomic E-state index is 12.2. The van der Waals surface area contributed by atoms with Crippen molar-refractivity contribution < 1.29 is 18.3 Å². The van der Waals surface area contributed by atoms with Crippen molar-refractivity contribution in [2.75, 3.05) is 18.0 Å². The minimum atomic E-state index is -4.44. The molecular weight excluding hydrogens is 231 g/mol. The number of β-amino-alcohol motifs (C(OH)–C–C–N with tert-alkyl or cyclic N) is 1. The third-order valence-electron chi connectivity index (χ3n) is 2.09. The number of anilines is 1. The van der Waals surface area contributed by atoms with E-state index in [9.17, 15) is 18.3 Å². The Labute approximate surface area is 87.3 Å². The lowest BCUT2D eigenvalue weighted by Gasteiger charge is -2.11. The summed E-state index contributed by atoms with van der Waals surface area (Å²) in [6, 6.07) is 0. The van der Waals surface area contributed by atoms with Crippen LogP contribution in [0.1, 0.15) is 11.4 Å². The summed E-state index contributed by atoms with van der Waals surface area (Å²) in [5.74, 6) is 0. The summed E-state index contributed by atoms with van der Waals surface area (Å²) in [5.41, 5.74) is 0. The van der Waals surface area contributed by atoms with Crippen LogP contribution in [0.2, 0.25) is 0 Å². The maximum Gasteiger partial charge on any atom is 0.445 e. The van der Waals surface area contributed by atoms with Gasteiger partial charge in [-0.3, -0.25) is 0 Å². The SMILES string of the molecule is O[C@@H]1CCN(c2nnc(C(F)(F)F)s2)C1. The molecule has 84 valence electrons. The fraction of sp³-hybridized carbons (Fsp3) is 0.714. The van der Waals surface area contributed by atoms with E-state index in [-0.39, 0.29) is 5.13 Å². The van der Waals surface area contributed by atoms with E-state index in [2.05, 4.69) is 10.2 Å². The lowest BCUT2D eigenvalue weighted by atomic mass is 10.3. The first-order chi connectivity index (χ1) is 6.97. The summed E-state index contributed by atoms with van der Waals surface area (Å²) >= 11 is 0.507. The number of nitrogens with zero attached hydrogens (tertiary/aromatic N) is 3. The van der Waals surface area contributed by atoms with Crippen LogP contribution in [0.25, 0.3) is 0 Å². The van der Waals surface area contributed by atoms with E-state index >= 15 is 0 Å². The summed E-state index contributed by atoms with van der Waals surface area (Å²) in [4.78, 5) is 1.61. The van der Waals surface area contributed by atoms with Crippen molar-refractivity contribution in [3.8, 4) is 0 Å². The lowest BCUT2D eigenvalue weighted by Crippen LogP contribution is -2.20. The lowest BCUT2D eigenvalue weighted by molar-refractivity contribution is -0.138. The first kappa shape index (κ1) is 10.6. The van der Waals surface area contributed by atoms with Crippen LogP contribution in [0.3, 0.4) is 0 Å². The van der Waals surface area contributed by atoms with E-state index < -0.39 is 17.3 Å². The van der Waals surface area contributed by atoms with Crippen LogP contribution in [-0.4, -0.2) is 34.5 Å². The van der Waals surface area contributed by atoms with Gasteiger partial charge in [0, 0.05) is 13.1 Å². The van der Waals surface area contributed by atoms with Crippen molar-refractivity contribution in [1.29, 1.82) is 0 Å². The molecule has 1 aromatic heterocycles. The molecule has 0 radical (unpaired) electrons. The molecule has 8 heteroatoms. The van der Waals surface area contributed by atoms with Gasteiger partial charge in [0.1, 0.15) is 0 Å². The third-order valence-corrected chi connectivity index (χ3v) is 3.12. The zero-order chi connectivity index (χ0) is 11.1. The molecule has 1 atom stereocenters. The van der Waals surface area contributed by atoms with Gasteiger partial charge in [0.15, 0.2) is 0 Å². The molecular formula is C7H8F3N3OS. The highest BCUT2D eigenvalue weighted by atomic mass is 32.1. The summed E-state index contributed by atoms with van der Waals surface area (Å²) in [6.45, 7) is 0.847. The molecule has 0 aromatic carbocycles. The van der Waals surface area contributed by atoms with Gasteiger partial charge < -0.3 is 10.0 Å². The van der Waals surface area contributed by atoms with Crippen LogP contribution in [0.5, 0.6) is 0 Å². The van der Waals surface area contributed by atoms with Gasteiger partial charge in [0.25, 0.3) is 0 Å². The third kappa shape index (κ3) is 2.20. The Balaban J connectivity index is 2.14. The molecule has 1 N–H and O–H groups in total. The van der Waals surface area contributed by atoms with E-state index in [1.165, 1.54) is 0 Å². The molecule has 0 aliphatic carbocycles. The van der Waals surface area contributed by atoms with Crippen molar-refractivity contribution in [3.05, 3.63) is 5.01 Å². The van der Waals surface area contributed by atoms with Gasteiger partial charge in [-0.2, -0.15) is 13.2 Å². The Kier molecular flexibility index (Phi) is 2.55. The van der Waals surface area contributed by atoms with E-state index in [0.29, 0.717) is 30.8 Å². The maximum absolute atomic E-state index is 12.2. The van der Waals surface area contributed by atoms with Crippen molar-refractivity contribution in [3.63, 3.8) is 0 Å². The Hall–Kier alpha value is -0.890. The van der Waals surface area contributed by atoms with Crippen LogP contribution in [0.4, 0.5) is 18.3 Å². The fourth-order valence-corrected chi connectivity index (χ4v) is 2.12. The second-order valence-electron chi connectivity index (χ2n) is 3.28. The quantitative estimate of drug-likeness (QED) is 0.798. The van der Waals surface area contributed by atoms with Crippen LogP contribution < -0.4 is 4.90 Å².